The predicted octanol–water partition coefficient (Wildman–Crippen LogP) is 2.22. The van der Waals surface area contributed by atoms with Crippen LogP contribution in [0.25, 0.3) is 0 Å². The Labute approximate surface area is 159 Å². The van der Waals surface area contributed by atoms with Gasteiger partial charge < -0.3 is 4.90 Å². The number of nitrogens with zero attached hydrogens (tertiary/aromatic N) is 7. The number of piperidine rings is 1. The highest BCUT2D eigenvalue weighted by Gasteiger charge is 2.61. The van der Waals surface area contributed by atoms with Crippen molar-refractivity contribution in [2.75, 3.05) is 18.0 Å². The second-order valence-electron chi connectivity index (χ2n) is 7.92. The van der Waals surface area contributed by atoms with E-state index in [2.05, 4.69) is 69.7 Å². The number of hydrogen-bond acceptors (Lipinski definition) is 5. The first-order valence-electron chi connectivity index (χ1n) is 9.78. The molecule has 2 aliphatic rings. The lowest BCUT2D eigenvalue weighted by Gasteiger charge is -2.21. The van der Waals surface area contributed by atoms with E-state index in [1.54, 1.807) is 0 Å². The summed E-state index contributed by atoms with van der Waals surface area (Å²) in [4.78, 5) is 2.36. The molecule has 1 aromatic carbocycles. The van der Waals surface area contributed by atoms with Crippen molar-refractivity contribution in [1.82, 2.24) is 30.0 Å². The van der Waals surface area contributed by atoms with Crippen molar-refractivity contribution in [1.29, 1.82) is 0 Å². The molecule has 2 atom stereocenters. The molecule has 0 spiro atoms. The third kappa shape index (κ3) is 2.81. The minimum atomic E-state index is 0.296. The van der Waals surface area contributed by atoms with E-state index < -0.39 is 0 Å². The zero-order valence-corrected chi connectivity index (χ0v) is 15.9. The van der Waals surface area contributed by atoms with E-state index >= 15 is 0 Å². The Kier molecular flexibility index (Phi) is 3.77. The maximum atomic E-state index is 4.55. The molecule has 2 aromatic heterocycles. The van der Waals surface area contributed by atoms with Crippen molar-refractivity contribution in [2.24, 2.45) is 5.92 Å². The van der Waals surface area contributed by atoms with Crippen LogP contribution in [0.5, 0.6) is 0 Å². The standard InChI is InChI=1S/C20H25N7/c1-3-26-10-8-18(22-26)9-11-27-19(21-23-24-27)25-13-17-12-20(17,14-25)16-6-4-15(2)5-7-16/h4-8,10,17H,3,9,11-14H2,1-2H3/t17-,20+/m0/s1. The number of rotatable bonds is 6. The number of fused-ring (bicyclic) bond motifs is 1. The van der Waals surface area contributed by atoms with Gasteiger partial charge in [-0.3, -0.25) is 4.68 Å². The fourth-order valence-corrected chi connectivity index (χ4v) is 4.47. The zero-order chi connectivity index (χ0) is 18.4. The number of anilines is 1. The summed E-state index contributed by atoms with van der Waals surface area (Å²) in [5, 5.41) is 17.1. The van der Waals surface area contributed by atoms with Crippen molar-refractivity contribution in [3.05, 3.63) is 53.3 Å². The van der Waals surface area contributed by atoms with Crippen LogP contribution in [0.3, 0.4) is 0 Å². The van der Waals surface area contributed by atoms with Gasteiger partial charge in [0.2, 0.25) is 5.95 Å². The molecule has 1 aliphatic heterocycles. The summed E-state index contributed by atoms with van der Waals surface area (Å²) < 4.78 is 3.88. The van der Waals surface area contributed by atoms with Gasteiger partial charge in [-0.2, -0.15) is 5.10 Å². The molecule has 2 fully saturated rings. The van der Waals surface area contributed by atoms with E-state index in [0.717, 1.165) is 44.2 Å². The molecule has 27 heavy (non-hydrogen) atoms. The Morgan fingerprint density at radius 2 is 2.04 bits per heavy atom. The van der Waals surface area contributed by atoms with Crippen LogP contribution in [-0.4, -0.2) is 43.1 Å². The largest absolute Gasteiger partial charge is 0.338 e. The van der Waals surface area contributed by atoms with Crippen molar-refractivity contribution in [3.63, 3.8) is 0 Å². The summed E-state index contributed by atoms with van der Waals surface area (Å²) in [6.45, 7) is 7.93. The third-order valence-electron chi connectivity index (χ3n) is 6.17. The summed E-state index contributed by atoms with van der Waals surface area (Å²) in [5.74, 6) is 1.61. The first kappa shape index (κ1) is 16.5. The maximum absolute atomic E-state index is 4.55. The Bertz CT molecular complexity index is 941. The van der Waals surface area contributed by atoms with Crippen molar-refractivity contribution < 1.29 is 0 Å². The molecule has 0 bridgehead atoms. The van der Waals surface area contributed by atoms with E-state index in [1.165, 1.54) is 17.5 Å². The maximum Gasteiger partial charge on any atom is 0.245 e. The van der Waals surface area contributed by atoms with Gasteiger partial charge in [0.25, 0.3) is 0 Å². The quantitative estimate of drug-likeness (QED) is 0.672. The normalized spacial score (nSPS) is 23.6. The van der Waals surface area contributed by atoms with Crippen LogP contribution in [0.4, 0.5) is 5.95 Å². The highest BCUT2D eigenvalue weighted by molar-refractivity contribution is 5.46. The van der Waals surface area contributed by atoms with Crippen molar-refractivity contribution >= 4 is 5.95 Å². The molecule has 1 aliphatic carbocycles. The van der Waals surface area contributed by atoms with Gasteiger partial charge in [-0.25, -0.2) is 4.68 Å². The fourth-order valence-electron chi connectivity index (χ4n) is 4.47. The predicted molar refractivity (Wildman–Crippen MR) is 103 cm³/mol. The molecule has 0 N–H and O–H groups in total. The molecule has 0 amide bonds. The Hall–Kier alpha value is -2.70. The van der Waals surface area contributed by atoms with Gasteiger partial charge in [0.15, 0.2) is 0 Å². The zero-order valence-electron chi connectivity index (χ0n) is 15.9. The van der Waals surface area contributed by atoms with Gasteiger partial charge in [-0.1, -0.05) is 34.9 Å². The lowest BCUT2D eigenvalue weighted by atomic mass is 9.94. The van der Waals surface area contributed by atoms with Gasteiger partial charge in [0.05, 0.1) is 12.2 Å². The average molecular weight is 363 g/mol. The van der Waals surface area contributed by atoms with Gasteiger partial charge >= 0.3 is 0 Å². The summed E-state index contributed by atoms with van der Waals surface area (Å²) in [7, 11) is 0. The van der Waals surface area contributed by atoms with Gasteiger partial charge in [-0.05, 0) is 48.2 Å². The first-order chi connectivity index (χ1) is 13.2. The second-order valence-corrected chi connectivity index (χ2v) is 7.92. The SMILES string of the molecule is CCn1ccc(CCn2nnnc2N2C[C@@H]3C[C@]3(c3ccc(C)cc3)C2)n1. The van der Waals surface area contributed by atoms with E-state index in [0.29, 0.717) is 11.3 Å². The molecule has 3 heterocycles. The molecule has 0 unspecified atom stereocenters. The van der Waals surface area contributed by atoms with E-state index in [-0.39, 0.29) is 0 Å². The van der Waals surface area contributed by atoms with E-state index in [1.807, 2.05) is 15.6 Å². The molecular weight excluding hydrogens is 338 g/mol. The molecule has 3 aromatic rings. The van der Waals surface area contributed by atoms with Crippen LogP contribution >= 0.6 is 0 Å². The molecular formula is C20H25N7. The van der Waals surface area contributed by atoms with Gasteiger partial charge in [0, 0.05) is 37.7 Å². The number of aryl methyl sites for hydroxylation is 4. The van der Waals surface area contributed by atoms with Gasteiger partial charge in [0.1, 0.15) is 0 Å². The van der Waals surface area contributed by atoms with Crippen LogP contribution in [0, 0.1) is 12.8 Å². The van der Waals surface area contributed by atoms with Crippen LogP contribution in [-0.2, 0) is 24.9 Å². The minimum Gasteiger partial charge on any atom is -0.338 e. The highest BCUT2D eigenvalue weighted by Crippen LogP contribution is 2.59. The lowest BCUT2D eigenvalue weighted by molar-refractivity contribution is 0.564. The number of hydrogen-bond donors (Lipinski definition) is 0. The summed E-state index contributed by atoms with van der Waals surface area (Å²) in [6, 6.07) is 11.1. The van der Waals surface area contributed by atoms with Crippen molar-refractivity contribution in [2.45, 2.75) is 45.2 Å². The fraction of sp³-hybridized carbons (Fsp3) is 0.500. The molecule has 1 saturated heterocycles. The molecule has 1 saturated carbocycles. The smallest absolute Gasteiger partial charge is 0.245 e. The monoisotopic (exact) mass is 363 g/mol. The Morgan fingerprint density at radius 3 is 2.81 bits per heavy atom. The molecule has 140 valence electrons. The minimum absolute atomic E-state index is 0.296. The number of benzene rings is 1. The third-order valence-corrected chi connectivity index (χ3v) is 6.17. The summed E-state index contributed by atoms with van der Waals surface area (Å²) >= 11 is 0. The lowest BCUT2D eigenvalue weighted by Crippen LogP contribution is -2.29. The van der Waals surface area contributed by atoms with Crippen LogP contribution in [0.15, 0.2) is 36.5 Å². The highest BCUT2D eigenvalue weighted by atomic mass is 15.6. The average Bonchev–Trinajstić information content (AvgIpc) is 3.13. The van der Waals surface area contributed by atoms with E-state index in [4.69, 9.17) is 0 Å². The molecule has 5 rings (SSSR count). The van der Waals surface area contributed by atoms with E-state index in [9.17, 15) is 0 Å². The Morgan fingerprint density at radius 1 is 1.19 bits per heavy atom. The molecule has 7 nitrogen and oxygen atoms in total. The summed E-state index contributed by atoms with van der Waals surface area (Å²) in [5.41, 5.74) is 4.16. The van der Waals surface area contributed by atoms with Crippen LogP contribution in [0.2, 0.25) is 0 Å². The van der Waals surface area contributed by atoms with Crippen LogP contribution < -0.4 is 4.90 Å². The number of aromatic nitrogens is 6. The molecule has 7 heteroatoms. The topological polar surface area (TPSA) is 64.7 Å². The molecule has 0 radical (unpaired) electrons. The summed E-state index contributed by atoms with van der Waals surface area (Å²) in [6.07, 6.45) is 4.14. The second kappa shape index (κ2) is 6.18. The van der Waals surface area contributed by atoms with Crippen molar-refractivity contribution in [3.8, 4) is 0 Å². The Balaban J connectivity index is 1.29. The number of tetrazole rings is 1. The first-order valence-corrected chi connectivity index (χ1v) is 9.78. The van der Waals surface area contributed by atoms with Gasteiger partial charge in [-0.15, -0.1) is 0 Å². The van der Waals surface area contributed by atoms with Crippen LogP contribution in [0.1, 0.15) is 30.2 Å².